The number of benzene rings is 1. The Labute approximate surface area is 112 Å². The Hall–Kier alpha value is -1.74. The molecule has 2 heterocycles. The van der Waals surface area contributed by atoms with E-state index in [1.54, 1.807) is 12.5 Å². The summed E-state index contributed by atoms with van der Waals surface area (Å²) in [6.07, 6.45) is 4.82. The molecule has 0 radical (unpaired) electrons. The van der Waals surface area contributed by atoms with E-state index in [4.69, 9.17) is 9.15 Å². The summed E-state index contributed by atoms with van der Waals surface area (Å²) >= 11 is 0. The molecule has 3 rings (SSSR count). The van der Waals surface area contributed by atoms with Crippen molar-refractivity contribution >= 4 is 0 Å². The molecule has 2 atom stereocenters. The predicted molar refractivity (Wildman–Crippen MR) is 72.2 cm³/mol. The molecule has 1 aliphatic heterocycles. The molecule has 0 amide bonds. The van der Waals surface area contributed by atoms with Crippen molar-refractivity contribution in [2.24, 2.45) is 0 Å². The maximum absolute atomic E-state index is 10.7. The fraction of sp³-hybridized carbons (Fsp3) is 0.375. The van der Waals surface area contributed by atoms with Crippen molar-refractivity contribution in [2.75, 3.05) is 6.61 Å². The zero-order valence-corrected chi connectivity index (χ0v) is 11.0. The Kier molecular flexibility index (Phi) is 3.07. The summed E-state index contributed by atoms with van der Waals surface area (Å²) in [4.78, 5) is 0. The molecule has 3 heteroatoms. The Morgan fingerprint density at radius 1 is 1.32 bits per heavy atom. The summed E-state index contributed by atoms with van der Waals surface area (Å²) in [5.74, 6) is 1.26. The van der Waals surface area contributed by atoms with Crippen molar-refractivity contribution in [1.82, 2.24) is 0 Å². The highest BCUT2D eigenvalue weighted by Gasteiger charge is 2.31. The van der Waals surface area contributed by atoms with Gasteiger partial charge in [-0.25, -0.2) is 0 Å². The topological polar surface area (TPSA) is 42.6 Å². The van der Waals surface area contributed by atoms with Gasteiger partial charge in [0.05, 0.1) is 24.7 Å². The zero-order chi connectivity index (χ0) is 13.3. The van der Waals surface area contributed by atoms with Crippen LogP contribution in [0.3, 0.4) is 0 Å². The molecule has 0 spiro atoms. The molecule has 3 nitrogen and oxygen atoms in total. The average molecular weight is 258 g/mol. The second-order valence-corrected chi connectivity index (χ2v) is 5.36. The first kappa shape index (κ1) is 12.3. The quantitative estimate of drug-likeness (QED) is 0.917. The monoisotopic (exact) mass is 258 g/mol. The molecular weight excluding hydrogens is 240 g/mol. The summed E-state index contributed by atoms with van der Waals surface area (Å²) in [7, 11) is 0. The highest BCUT2D eigenvalue weighted by molar-refractivity contribution is 5.38. The lowest BCUT2D eigenvalue weighted by molar-refractivity contribution is 0.0347. The van der Waals surface area contributed by atoms with Crippen molar-refractivity contribution in [2.45, 2.75) is 31.3 Å². The van der Waals surface area contributed by atoms with Crippen LogP contribution in [0.1, 0.15) is 36.8 Å². The van der Waals surface area contributed by atoms with Gasteiger partial charge in [0.25, 0.3) is 0 Å². The van der Waals surface area contributed by atoms with Crippen LogP contribution >= 0.6 is 0 Å². The number of ether oxygens (including phenoxy) is 1. The minimum absolute atomic E-state index is 0.315. The zero-order valence-electron chi connectivity index (χ0n) is 11.0. The van der Waals surface area contributed by atoms with Crippen LogP contribution in [0.15, 0.2) is 47.3 Å². The summed E-state index contributed by atoms with van der Waals surface area (Å²) in [6.45, 7) is 2.55. The van der Waals surface area contributed by atoms with Gasteiger partial charge in [0, 0.05) is 5.56 Å². The normalized spacial score (nSPS) is 21.3. The number of rotatable bonds is 3. The molecule has 2 unspecified atom stereocenters. The van der Waals surface area contributed by atoms with Gasteiger partial charge in [0.1, 0.15) is 5.75 Å². The minimum atomic E-state index is -0.873. The molecule has 0 fully saturated rings. The van der Waals surface area contributed by atoms with Crippen molar-refractivity contribution in [3.05, 3.63) is 54.0 Å². The average Bonchev–Trinajstić information content (AvgIpc) is 2.93. The molecule has 0 aliphatic carbocycles. The van der Waals surface area contributed by atoms with E-state index >= 15 is 0 Å². The molecule has 0 saturated carbocycles. The summed E-state index contributed by atoms with van der Waals surface area (Å²) in [6, 6.07) is 9.91. The Morgan fingerprint density at radius 3 is 2.95 bits per heavy atom. The molecule has 19 heavy (non-hydrogen) atoms. The van der Waals surface area contributed by atoms with Crippen molar-refractivity contribution < 1.29 is 14.3 Å². The third-order valence-electron chi connectivity index (χ3n) is 3.87. The molecule has 100 valence electrons. The molecular formula is C16H18O3. The van der Waals surface area contributed by atoms with E-state index < -0.39 is 5.60 Å². The van der Waals surface area contributed by atoms with Gasteiger partial charge in [-0.05, 0) is 43.4 Å². The van der Waals surface area contributed by atoms with Crippen LogP contribution in [-0.2, 0) is 5.60 Å². The van der Waals surface area contributed by atoms with Gasteiger partial charge in [-0.1, -0.05) is 18.2 Å². The van der Waals surface area contributed by atoms with E-state index in [9.17, 15) is 5.11 Å². The Bertz CT molecular complexity index is 543. The Morgan fingerprint density at radius 2 is 2.16 bits per heavy atom. The van der Waals surface area contributed by atoms with Crippen LogP contribution in [0.25, 0.3) is 0 Å². The van der Waals surface area contributed by atoms with Crippen molar-refractivity contribution in [3.8, 4) is 5.75 Å². The van der Waals surface area contributed by atoms with Gasteiger partial charge in [-0.15, -0.1) is 0 Å². The minimum Gasteiger partial charge on any atom is -0.493 e. The molecule has 0 bridgehead atoms. The standard InChI is InChI=1S/C16H18O3/c1-16(17,13-7-8-18-11-13)10-12-6-9-19-15-5-3-2-4-14(12)15/h2-5,7-8,11-12,17H,6,9-10H2,1H3. The van der Waals surface area contributed by atoms with Crippen LogP contribution in [0, 0.1) is 0 Å². The second-order valence-electron chi connectivity index (χ2n) is 5.36. The lowest BCUT2D eigenvalue weighted by Gasteiger charge is -2.31. The fourth-order valence-corrected chi connectivity index (χ4v) is 2.80. The van der Waals surface area contributed by atoms with Crippen LogP contribution < -0.4 is 4.74 Å². The van der Waals surface area contributed by atoms with Crippen molar-refractivity contribution in [3.63, 3.8) is 0 Å². The van der Waals surface area contributed by atoms with Crippen LogP contribution in [-0.4, -0.2) is 11.7 Å². The van der Waals surface area contributed by atoms with Gasteiger partial charge < -0.3 is 14.3 Å². The lowest BCUT2D eigenvalue weighted by atomic mass is 9.81. The number of para-hydroxylation sites is 1. The van der Waals surface area contributed by atoms with Gasteiger partial charge in [0.2, 0.25) is 0 Å². The molecule has 1 aromatic heterocycles. The maximum atomic E-state index is 10.7. The van der Waals surface area contributed by atoms with Gasteiger partial charge >= 0.3 is 0 Å². The fourth-order valence-electron chi connectivity index (χ4n) is 2.80. The number of fused-ring (bicyclic) bond motifs is 1. The van der Waals surface area contributed by atoms with E-state index in [1.807, 2.05) is 31.2 Å². The Balaban J connectivity index is 1.85. The number of hydrogen-bond acceptors (Lipinski definition) is 3. The van der Waals surface area contributed by atoms with E-state index in [0.29, 0.717) is 18.9 Å². The van der Waals surface area contributed by atoms with E-state index in [0.717, 1.165) is 17.7 Å². The third-order valence-corrected chi connectivity index (χ3v) is 3.87. The van der Waals surface area contributed by atoms with Crippen LogP contribution in [0.4, 0.5) is 0 Å². The molecule has 0 saturated heterocycles. The highest BCUT2D eigenvalue weighted by atomic mass is 16.5. The highest BCUT2D eigenvalue weighted by Crippen LogP contribution is 2.41. The maximum Gasteiger partial charge on any atom is 0.122 e. The van der Waals surface area contributed by atoms with Crippen molar-refractivity contribution in [1.29, 1.82) is 0 Å². The first-order chi connectivity index (χ1) is 9.17. The van der Waals surface area contributed by atoms with Gasteiger partial charge in [-0.2, -0.15) is 0 Å². The van der Waals surface area contributed by atoms with Crippen LogP contribution in [0.2, 0.25) is 0 Å². The van der Waals surface area contributed by atoms with E-state index in [-0.39, 0.29) is 0 Å². The van der Waals surface area contributed by atoms with Crippen LogP contribution in [0.5, 0.6) is 5.75 Å². The molecule has 1 aliphatic rings. The van der Waals surface area contributed by atoms with Gasteiger partial charge in [0.15, 0.2) is 0 Å². The molecule has 1 N–H and O–H groups in total. The summed E-state index contributed by atoms with van der Waals surface area (Å²) < 4.78 is 10.7. The predicted octanol–water partition coefficient (Wildman–Crippen LogP) is 3.44. The molecule has 2 aromatic rings. The SMILES string of the molecule is CC(O)(CC1CCOc2ccccc21)c1ccoc1. The summed E-state index contributed by atoms with van der Waals surface area (Å²) in [5.41, 5.74) is 1.15. The first-order valence-corrected chi connectivity index (χ1v) is 6.63. The summed E-state index contributed by atoms with van der Waals surface area (Å²) in [5, 5.41) is 10.7. The van der Waals surface area contributed by atoms with E-state index in [1.165, 1.54) is 5.56 Å². The van der Waals surface area contributed by atoms with Gasteiger partial charge in [-0.3, -0.25) is 0 Å². The first-order valence-electron chi connectivity index (χ1n) is 6.63. The number of aliphatic hydroxyl groups is 1. The third kappa shape index (κ3) is 2.38. The number of hydrogen-bond donors (Lipinski definition) is 1. The second kappa shape index (κ2) is 4.74. The smallest absolute Gasteiger partial charge is 0.122 e. The lowest BCUT2D eigenvalue weighted by Crippen LogP contribution is -2.26. The molecule has 1 aromatic carbocycles. The van der Waals surface area contributed by atoms with E-state index in [2.05, 4.69) is 6.07 Å². The number of furan rings is 1. The largest absolute Gasteiger partial charge is 0.493 e.